The second-order valence-electron chi connectivity index (χ2n) is 7.38. The van der Waals surface area contributed by atoms with Crippen LogP contribution in [0.4, 0.5) is 24.8 Å². The van der Waals surface area contributed by atoms with Gasteiger partial charge in [-0.25, -0.2) is 15.0 Å². The van der Waals surface area contributed by atoms with Gasteiger partial charge in [-0.3, -0.25) is 0 Å². The molecule has 1 aliphatic rings. The average molecular weight is 436 g/mol. The Balaban J connectivity index is 1.93. The Kier molecular flexibility index (Phi) is 5.44. The number of anilines is 2. The lowest BCUT2D eigenvalue weighted by Crippen LogP contribution is -2.30. The molecule has 1 fully saturated rings. The van der Waals surface area contributed by atoms with Crippen molar-refractivity contribution in [1.82, 2.24) is 15.0 Å². The number of rotatable bonds is 3. The van der Waals surface area contributed by atoms with Crippen molar-refractivity contribution in [3.05, 3.63) is 40.7 Å². The first-order chi connectivity index (χ1) is 14.3. The molecule has 30 heavy (non-hydrogen) atoms. The normalized spacial score (nSPS) is 15.0. The lowest BCUT2D eigenvalue weighted by Gasteiger charge is -2.28. The van der Waals surface area contributed by atoms with Crippen molar-refractivity contribution in [2.24, 2.45) is 0 Å². The summed E-state index contributed by atoms with van der Waals surface area (Å²) < 4.78 is 41.7. The van der Waals surface area contributed by atoms with Gasteiger partial charge in [-0.2, -0.15) is 13.2 Å². The smallest absolute Gasteiger partial charge is 0.384 e. The molecule has 0 radical (unpaired) electrons. The van der Waals surface area contributed by atoms with Crippen molar-refractivity contribution in [1.29, 1.82) is 0 Å². The zero-order chi connectivity index (χ0) is 21.5. The van der Waals surface area contributed by atoms with E-state index in [1.54, 1.807) is 19.1 Å². The monoisotopic (exact) mass is 435 g/mol. The van der Waals surface area contributed by atoms with Crippen molar-refractivity contribution < 1.29 is 13.2 Å². The molecule has 0 unspecified atom stereocenters. The standard InChI is InChI=1S/C21H21ClF3N5/c1-2-12-8-17(26)29-19(18(12)21(23,24)25)13-10-16-14(9-15(13)22)20(28-11-27-16)30-6-4-3-5-7-30/h8-11H,2-7H2,1H3,(H2,26,29). The molecular formula is C21H21ClF3N5. The quantitative estimate of drug-likeness (QED) is 0.588. The highest BCUT2D eigenvalue weighted by Crippen LogP contribution is 2.43. The Hall–Kier alpha value is -2.61. The van der Waals surface area contributed by atoms with Gasteiger partial charge >= 0.3 is 6.18 Å². The second kappa shape index (κ2) is 7.91. The van der Waals surface area contributed by atoms with Crippen molar-refractivity contribution in [3.8, 4) is 11.3 Å². The van der Waals surface area contributed by atoms with Gasteiger partial charge in [0, 0.05) is 24.0 Å². The predicted molar refractivity (Wildman–Crippen MR) is 113 cm³/mol. The largest absolute Gasteiger partial charge is 0.418 e. The van der Waals surface area contributed by atoms with E-state index in [2.05, 4.69) is 19.9 Å². The molecule has 3 heterocycles. The number of hydrogen-bond acceptors (Lipinski definition) is 5. The van der Waals surface area contributed by atoms with E-state index >= 15 is 0 Å². The number of alkyl halides is 3. The van der Waals surface area contributed by atoms with E-state index in [0.717, 1.165) is 31.7 Å². The fourth-order valence-corrected chi connectivity index (χ4v) is 4.27. The Morgan fingerprint density at radius 1 is 1.10 bits per heavy atom. The summed E-state index contributed by atoms with van der Waals surface area (Å²) in [5.74, 6) is 0.765. The third-order valence-electron chi connectivity index (χ3n) is 5.40. The Morgan fingerprint density at radius 2 is 1.83 bits per heavy atom. The first-order valence-corrected chi connectivity index (χ1v) is 10.2. The zero-order valence-corrected chi connectivity index (χ0v) is 17.2. The fourth-order valence-electron chi connectivity index (χ4n) is 4.01. The molecule has 9 heteroatoms. The number of fused-ring (bicyclic) bond motifs is 1. The van der Waals surface area contributed by atoms with Gasteiger partial charge in [-0.15, -0.1) is 0 Å². The van der Waals surface area contributed by atoms with Gasteiger partial charge in [-0.05, 0) is 49.4 Å². The van der Waals surface area contributed by atoms with E-state index in [-0.39, 0.29) is 34.1 Å². The lowest BCUT2D eigenvalue weighted by molar-refractivity contribution is -0.137. The fraction of sp³-hybridized carbons (Fsp3) is 0.381. The van der Waals surface area contributed by atoms with E-state index in [4.69, 9.17) is 17.3 Å². The Morgan fingerprint density at radius 3 is 2.50 bits per heavy atom. The summed E-state index contributed by atoms with van der Waals surface area (Å²) in [5, 5.41) is 0.863. The van der Waals surface area contributed by atoms with Crippen LogP contribution >= 0.6 is 11.6 Å². The number of benzene rings is 1. The maximum Gasteiger partial charge on any atom is 0.418 e. The van der Waals surface area contributed by atoms with Crippen molar-refractivity contribution >= 4 is 34.1 Å². The van der Waals surface area contributed by atoms with Crippen LogP contribution in [-0.2, 0) is 12.6 Å². The molecule has 2 N–H and O–H groups in total. The van der Waals surface area contributed by atoms with Crippen molar-refractivity contribution in [2.45, 2.75) is 38.8 Å². The summed E-state index contributed by atoms with van der Waals surface area (Å²) in [5.41, 5.74) is 5.48. The molecule has 0 spiro atoms. The molecule has 5 nitrogen and oxygen atoms in total. The van der Waals surface area contributed by atoms with Crippen LogP contribution in [0, 0.1) is 0 Å². The minimum Gasteiger partial charge on any atom is -0.384 e. The molecule has 1 aliphatic heterocycles. The van der Waals surface area contributed by atoms with Crippen molar-refractivity contribution in [3.63, 3.8) is 0 Å². The summed E-state index contributed by atoms with van der Waals surface area (Å²) in [6.45, 7) is 3.40. The summed E-state index contributed by atoms with van der Waals surface area (Å²) in [6, 6.07) is 4.44. The Labute approximate surface area is 177 Å². The predicted octanol–water partition coefficient (Wildman–Crippen LogP) is 5.50. The van der Waals surface area contributed by atoms with E-state index < -0.39 is 11.7 Å². The van der Waals surface area contributed by atoms with Crippen LogP contribution in [-0.4, -0.2) is 28.0 Å². The number of aryl methyl sites for hydroxylation is 1. The molecule has 2 aromatic heterocycles. The van der Waals surface area contributed by atoms with E-state index in [9.17, 15) is 13.2 Å². The van der Waals surface area contributed by atoms with Crippen LogP contribution in [0.1, 0.15) is 37.3 Å². The van der Waals surface area contributed by atoms with E-state index in [1.807, 2.05) is 0 Å². The van der Waals surface area contributed by atoms with Gasteiger partial charge in [0.2, 0.25) is 0 Å². The van der Waals surface area contributed by atoms with Crippen molar-refractivity contribution in [2.75, 3.05) is 23.7 Å². The molecule has 1 aromatic carbocycles. The third kappa shape index (κ3) is 3.76. The zero-order valence-electron chi connectivity index (χ0n) is 16.4. The summed E-state index contributed by atoms with van der Waals surface area (Å²) in [6.07, 6.45) is 0.314. The highest BCUT2D eigenvalue weighted by Gasteiger charge is 2.38. The van der Waals surface area contributed by atoms with Crippen LogP contribution in [0.5, 0.6) is 0 Å². The van der Waals surface area contributed by atoms with Crippen LogP contribution in [0.3, 0.4) is 0 Å². The first kappa shape index (κ1) is 20.7. The number of piperidine rings is 1. The van der Waals surface area contributed by atoms with E-state index in [1.165, 1.54) is 18.8 Å². The molecule has 0 amide bonds. The molecule has 1 saturated heterocycles. The van der Waals surface area contributed by atoms with Gasteiger partial charge in [0.15, 0.2) is 0 Å². The number of pyridine rings is 1. The maximum atomic E-state index is 13.9. The second-order valence-corrected chi connectivity index (χ2v) is 7.78. The molecule has 0 saturated carbocycles. The summed E-state index contributed by atoms with van der Waals surface area (Å²) >= 11 is 6.50. The topological polar surface area (TPSA) is 67.9 Å². The minimum atomic E-state index is -4.59. The SMILES string of the molecule is CCc1cc(N)nc(-c2cc3ncnc(N4CCCCC4)c3cc2Cl)c1C(F)(F)F. The van der Waals surface area contributed by atoms with Crippen LogP contribution in [0.15, 0.2) is 24.5 Å². The number of nitrogens with zero attached hydrogens (tertiary/aromatic N) is 4. The van der Waals surface area contributed by atoms with Crippen LogP contribution in [0.2, 0.25) is 5.02 Å². The average Bonchev–Trinajstić information content (AvgIpc) is 2.72. The van der Waals surface area contributed by atoms with E-state index in [0.29, 0.717) is 10.9 Å². The summed E-state index contributed by atoms with van der Waals surface area (Å²) in [4.78, 5) is 14.9. The maximum absolute atomic E-state index is 13.9. The number of hydrogen-bond donors (Lipinski definition) is 1. The minimum absolute atomic E-state index is 0.0164. The number of nitrogens with two attached hydrogens (primary N) is 1. The molecule has 0 atom stereocenters. The third-order valence-corrected chi connectivity index (χ3v) is 5.71. The molecule has 4 rings (SSSR count). The highest BCUT2D eigenvalue weighted by atomic mass is 35.5. The molecule has 0 bridgehead atoms. The van der Waals surface area contributed by atoms with Crippen LogP contribution in [0.25, 0.3) is 22.2 Å². The lowest BCUT2D eigenvalue weighted by atomic mass is 9.97. The van der Waals surface area contributed by atoms with Gasteiger partial charge in [0.05, 0.1) is 21.8 Å². The van der Waals surface area contributed by atoms with Gasteiger partial charge in [0.1, 0.15) is 18.0 Å². The van der Waals surface area contributed by atoms with Crippen LogP contribution < -0.4 is 10.6 Å². The molecule has 0 aliphatic carbocycles. The van der Waals surface area contributed by atoms with Gasteiger partial charge < -0.3 is 10.6 Å². The van der Waals surface area contributed by atoms with Gasteiger partial charge in [0.25, 0.3) is 0 Å². The highest BCUT2D eigenvalue weighted by molar-refractivity contribution is 6.34. The molecular weight excluding hydrogens is 415 g/mol. The molecule has 158 valence electrons. The summed E-state index contributed by atoms with van der Waals surface area (Å²) in [7, 11) is 0. The Bertz CT molecular complexity index is 1090. The number of nitrogen functional groups attached to an aromatic ring is 1. The molecule has 3 aromatic rings. The van der Waals surface area contributed by atoms with Gasteiger partial charge in [-0.1, -0.05) is 18.5 Å². The number of halogens is 4. The first-order valence-electron chi connectivity index (χ1n) is 9.85. The number of aromatic nitrogens is 3.